The third kappa shape index (κ3) is 0.852. The van der Waals surface area contributed by atoms with E-state index in [0.717, 1.165) is 16.6 Å². The Bertz CT molecular complexity index is 608. The molecule has 0 aliphatic rings. The van der Waals surface area contributed by atoms with E-state index in [1.807, 2.05) is 18.2 Å². The topological polar surface area (TPSA) is 30.4 Å². The van der Waals surface area contributed by atoms with Gasteiger partial charge in [0.15, 0.2) is 0 Å². The molecule has 0 aliphatic carbocycles. The zero-order valence-electron chi connectivity index (χ0n) is 7.64. The van der Waals surface area contributed by atoms with Gasteiger partial charge >= 0.3 is 0 Å². The number of benzene rings is 1. The number of rotatable bonds is 0. The molecule has 2 aromatic heterocycles. The number of hydrogen-bond acceptors (Lipinski definition) is 1. The summed E-state index contributed by atoms with van der Waals surface area (Å²) in [7, 11) is 0. The Morgan fingerprint density at radius 3 is 2.79 bits per heavy atom. The molecule has 0 spiro atoms. The van der Waals surface area contributed by atoms with Gasteiger partial charge in [0.05, 0.1) is 5.52 Å². The fourth-order valence-electron chi connectivity index (χ4n) is 1.88. The van der Waals surface area contributed by atoms with Crippen molar-refractivity contribution in [3.8, 4) is 0 Å². The van der Waals surface area contributed by atoms with E-state index in [9.17, 15) is 0 Å². The predicted molar refractivity (Wildman–Crippen MR) is 59.3 cm³/mol. The summed E-state index contributed by atoms with van der Waals surface area (Å²) in [5.74, 6) is 0. The third-order valence-corrected chi connectivity index (χ3v) is 2.58. The molecule has 3 aromatic rings. The minimum Gasteiger partial charge on any atom is -0.398 e. The highest BCUT2D eigenvalue weighted by molar-refractivity contribution is 5.92. The molecule has 2 nitrogen and oxygen atoms in total. The molecule has 0 unspecified atom stereocenters. The molecule has 2 heterocycles. The lowest BCUT2D eigenvalue weighted by Crippen LogP contribution is -1.90. The van der Waals surface area contributed by atoms with Crippen LogP contribution in [0.2, 0.25) is 0 Å². The first kappa shape index (κ1) is 7.44. The number of aromatic nitrogens is 1. The summed E-state index contributed by atoms with van der Waals surface area (Å²) in [6.45, 7) is 0. The Labute approximate surface area is 81.6 Å². The van der Waals surface area contributed by atoms with Gasteiger partial charge in [-0.2, -0.15) is 0 Å². The zero-order chi connectivity index (χ0) is 9.54. The van der Waals surface area contributed by atoms with Crippen molar-refractivity contribution in [1.82, 2.24) is 4.40 Å². The van der Waals surface area contributed by atoms with Crippen LogP contribution in [0.5, 0.6) is 0 Å². The number of nitrogens with zero attached hydrogens (tertiary/aromatic N) is 1. The lowest BCUT2D eigenvalue weighted by molar-refractivity contribution is 1.27. The van der Waals surface area contributed by atoms with E-state index < -0.39 is 0 Å². The van der Waals surface area contributed by atoms with Crippen LogP contribution in [0, 0.1) is 0 Å². The first-order valence-electron chi connectivity index (χ1n) is 4.60. The van der Waals surface area contributed by atoms with Gasteiger partial charge in [-0.25, -0.2) is 0 Å². The molecule has 68 valence electrons. The molecule has 0 radical (unpaired) electrons. The Morgan fingerprint density at radius 2 is 1.86 bits per heavy atom. The lowest BCUT2D eigenvalue weighted by Gasteiger charge is -2.04. The SMILES string of the molecule is Nc1cccc2c1ccc1cccn12. The minimum atomic E-state index is 0.832. The van der Waals surface area contributed by atoms with Gasteiger partial charge in [0.2, 0.25) is 0 Å². The Kier molecular flexibility index (Phi) is 1.34. The number of fused-ring (bicyclic) bond motifs is 3. The maximum atomic E-state index is 5.90. The van der Waals surface area contributed by atoms with Crippen LogP contribution in [-0.2, 0) is 0 Å². The maximum absolute atomic E-state index is 5.90. The lowest BCUT2D eigenvalue weighted by atomic mass is 10.2. The molecule has 0 saturated carbocycles. The molecule has 2 heteroatoms. The van der Waals surface area contributed by atoms with Crippen LogP contribution in [-0.4, -0.2) is 4.40 Å². The largest absolute Gasteiger partial charge is 0.398 e. The summed E-state index contributed by atoms with van der Waals surface area (Å²) in [5.41, 5.74) is 9.09. The summed E-state index contributed by atoms with van der Waals surface area (Å²) in [5, 5.41) is 1.11. The van der Waals surface area contributed by atoms with E-state index in [4.69, 9.17) is 5.73 Å². The number of hydrogen-bond donors (Lipinski definition) is 1. The minimum absolute atomic E-state index is 0.832. The Hall–Kier alpha value is -1.96. The molecule has 14 heavy (non-hydrogen) atoms. The second-order valence-electron chi connectivity index (χ2n) is 3.42. The second kappa shape index (κ2) is 2.51. The van der Waals surface area contributed by atoms with Crippen LogP contribution >= 0.6 is 0 Å². The van der Waals surface area contributed by atoms with Gasteiger partial charge in [-0.15, -0.1) is 0 Å². The van der Waals surface area contributed by atoms with Crippen LogP contribution in [0.4, 0.5) is 5.69 Å². The smallest absolute Gasteiger partial charge is 0.0548 e. The highest BCUT2D eigenvalue weighted by Gasteiger charge is 2.00. The first-order chi connectivity index (χ1) is 6.86. The highest BCUT2D eigenvalue weighted by Crippen LogP contribution is 2.22. The van der Waals surface area contributed by atoms with E-state index in [0.29, 0.717) is 0 Å². The average Bonchev–Trinajstić information content (AvgIpc) is 2.66. The number of nitrogens with two attached hydrogens (primary N) is 1. The standard InChI is InChI=1S/C12H10N2/c13-11-4-1-5-12-10(11)7-6-9-3-2-8-14(9)12/h1-8H,13H2. The molecule has 0 amide bonds. The molecule has 0 atom stereocenters. The van der Waals surface area contributed by atoms with Gasteiger partial charge in [0.1, 0.15) is 0 Å². The van der Waals surface area contributed by atoms with Crippen LogP contribution < -0.4 is 5.73 Å². The van der Waals surface area contributed by atoms with Crippen molar-refractivity contribution in [1.29, 1.82) is 0 Å². The molecule has 0 bridgehead atoms. The molecule has 2 N–H and O–H groups in total. The average molecular weight is 182 g/mol. The van der Waals surface area contributed by atoms with Gasteiger partial charge in [-0.3, -0.25) is 0 Å². The zero-order valence-corrected chi connectivity index (χ0v) is 7.64. The van der Waals surface area contributed by atoms with Gasteiger partial charge in [-0.1, -0.05) is 6.07 Å². The van der Waals surface area contributed by atoms with Crippen LogP contribution in [0.15, 0.2) is 48.7 Å². The normalized spacial score (nSPS) is 11.1. The molecule has 0 fully saturated rings. The van der Waals surface area contributed by atoms with Crippen molar-refractivity contribution in [3.63, 3.8) is 0 Å². The highest BCUT2D eigenvalue weighted by atomic mass is 14.9. The van der Waals surface area contributed by atoms with Gasteiger partial charge in [-0.05, 0) is 36.4 Å². The molecular weight excluding hydrogens is 172 g/mol. The molecular formula is C12H10N2. The summed E-state index contributed by atoms with van der Waals surface area (Å²) in [6, 6.07) is 14.3. The van der Waals surface area contributed by atoms with Crippen LogP contribution in [0.25, 0.3) is 16.4 Å². The number of nitrogen functional groups attached to an aromatic ring is 1. The quantitative estimate of drug-likeness (QED) is 0.532. The Morgan fingerprint density at radius 1 is 0.929 bits per heavy atom. The predicted octanol–water partition coefficient (Wildman–Crippen LogP) is 2.67. The van der Waals surface area contributed by atoms with Crippen molar-refractivity contribution in [2.75, 3.05) is 5.73 Å². The van der Waals surface area contributed by atoms with Crippen molar-refractivity contribution < 1.29 is 0 Å². The summed E-state index contributed by atoms with van der Waals surface area (Å²) in [6.07, 6.45) is 2.05. The number of anilines is 1. The van der Waals surface area contributed by atoms with E-state index in [2.05, 4.69) is 34.9 Å². The fraction of sp³-hybridized carbons (Fsp3) is 0. The molecule has 1 aromatic carbocycles. The van der Waals surface area contributed by atoms with Crippen molar-refractivity contribution >= 4 is 22.1 Å². The summed E-state index contributed by atoms with van der Waals surface area (Å²) in [4.78, 5) is 0. The Balaban J connectivity index is 2.64. The monoisotopic (exact) mass is 182 g/mol. The summed E-state index contributed by atoms with van der Waals surface area (Å²) >= 11 is 0. The number of pyridine rings is 1. The van der Waals surface area contributed by atoms with E-state index in [1.165, 1.54) is 5.52 Å². The van der Waals surface area contributed by atoms with E-state index in [1.54, 1.807) is 0 Å². The first-order valence-corrected chi connectivity index (χ1v) is 4.60. The van der Waals surface area contributed by atoms with Crippen LogP contribution in [0.1, 0.15) is 0 Å². The van der Waals surface area contributed by atoms with Gasteiger partial charge in [0, 0.05) is 22.8 Å². The van der Waals surface area contributed by atoms with Gasteiger partial charge in [0.25, 0.3) is 0 Å². The molecule has 0 aliphatic heterocycles. The summed E-state index contributed by atoms with van der Waals surface area (Å²) < 4.78 is 2.14. The van der Waals surface area contributed by atoms with Crippen molar-refractivity contribution in [3.05, 3.63) is 48.7 Å². The molecule has 3 rings (SSSR count). The van der Waals surface area contributed by atoms with Crippen molar-refractivity contribution in [2.45, 2.75) is 0 Å². The van der Waals surface area contributed by atoms with Gasteiger partial charge < -0.3 is 10.1 Å². The third-order valence-electron chi connectivity index (χ3n) is 2.58. The second-order valence-corrected chi connectivity index (χ2v) is 3.42. The molecule has 0 saturated heterocycles. The van der Waals surface area contributed by atoms with E-state index >= 15 is 0 Å². The van der Waals surface area contributed by atoms with Crippen LogP contribution in [0.3, 0.4) is 0 Å². The maximum Gasteiger partial charge on any atom is 0.0548 e. The van der Waals surface area contributed by atoms with E-state index in [-0.39, 0.29) is 0 Å². The fourth-order valence-corrected chi connectivity index (χ4v) is 1.88. The van der Waals surface area contributed by atoms with Crippen molar-refractivity contribution in [2.24, 2.45) is 0 Å².